The molecule has 2 aromatic carbocycles. The van der Waals surface area contributed by atoms with Crippen LogP contribution in [-0.4, -0.2) is 25.7 Å². The third-order valence-corrected chi connectivity index (χ3v) is 5.51. The molecular formula is C17H4Cl4N4O. The van der Waals surface area contributed by atoms with Crippen molar-refractivity contribution in [3.63, 3.8) is 0 Å². The first-order valence-electron chi connectivity index (χ1n) is 7.31. The molecule has 0 fully saturated rings. The highest BCUT2D eigenvalue weighted by Crippen LogP contribution is 2.36. The molecule has 2 heterocycles. The molecule has 0 bridgehead atoms. The summed E-state index contributed by atoms with van der Waals surface area (Å²) in [6.07, 6.45) is 0. The maximum absolute atomic E-state index is 12.8. The van der Waals surface area contributed by atoms with Crippen LogP contribution in [-0.2, 0) is 0 Å². The molecule has 2 aromatic heterocycles. The van der Waals surface area contributed by atoms with Crippen LogP contribution in [0, 0.1) is 0 Å². The van der Waals surface area contributed by atoms with Gasteiger partial charge in [0, 0.05) is 0 Å². The largest absolute Gasteiger partial charge is 0.285 e. The van der Waals surface area contributed by atoms with Crippen LogP contribution in [0.5, 0.6) is 0 Å². The maximum atomic E-state index is 12.8. The maximum Gasteiger partial charge on any atom is 0.234 e. The van der Waals surface area contributed by atoms with E-state index in [0.717, 1.165) is 0 Å². The molecule has 0 saturated carbocycles. The molecule has 1 aliphatic rings. The van der Waals surface area contributed by atoms with Crippen LogP contribution in [0.1, 0.15) is 16.2 Å². The Balaban J connectivity index is 1.84. The first kappa shape index (κ1) is 16.1. The van der Waals surface area contributed by atoms with Gasteiger partial charge in [-0.15, -0.1) is 0 Å². The van der Waals surface area contributed by atoms with Gasteiger partial charge in [-0.05, 0) is 24.3 Å². The van der Waals surface area contributed by atoms with E-state index < -0.39 is 0 Å². The number of ketones is 1. The fourth-order valence-electron chi connectivity index (χ4n) is 2.86. The number of carbonyl (C=O) groups excluding carboxylic acids is 1. The summed E-state index contributed by atoms with van der Waals surface area (Å²) in [5.41, 5.74) is 3.03. The van der Waals surface area contributed by atoms with E-state index >= 15 is 0 Å². The van der Waals surface area contributed by atoms with E-state index in [4.69, 9.17) is 46.4 Å². The second kappa shape index (κ2) is 5.47. The fourth-order valence-corrected chi connectivity index (χ4v) is 3.49. The van der Waals surface area contributed by atoms with Crippen molar-refractivity contribution in [1.29, 1.82) is 0 Å². The number of benzene rings is 2. The van der Waals surface area contributed by atoms with Gasteiger partial charge in [-0.25, -0.2) is 19.9 Å². The third-order valence-electron chi connectivity index (χ3n) is 4.07. The molecule has 9 heteroatoms. The molecule has 0 atom stereocenters. The number of carbonyl (C=O) groups is 1. The van der Waals surface area contributed by atoms with Gasteiger partial charge in [0.25, 0.3) is 0 Å². The summed E-state index contributed by atoms with van der Waals surface area (Å²) in [6, 6.07) is 6.33. The van der Waals surface area contributed by atoms with Gasteiger partial charge in [0.15, 0.2) is 0 Å². The zero-order valence-corrected chi connectivity index (χ0v) is 15.5. The Hall–Kier alpha value is -2.05. The molecule has 0 radical (unpaired) electrons. The number of hydrogen-bond acceptors (Lipinski definition) is 5. The molecule has 5 rings (SSSR count). The summed E-state index contributed by atoms with van der Waals surface area (Å²) in [6.45, 7) is 0. The van der Waals surface area contributed by atoms with Gasteiger partial charge in [0.05, 0.1) is 42.2 Å². The lowest BCUT2D eigenvalue weighted by atomic mass is 10.2. The molecule has 126 valence electrons. The molecule has 0 aliphatic heterocycles. The monoisotopic (exact) mass is 420 g/mol. The Morgan fingerprint density at radius 1 is 0.500 bits per heavy atom. The summed E-state index contributed by atoms with van der Waals surface area (Å²) in [5, 5.41) is 1.37. The molecule has 1 aliphatic carbocycles. The minimum Gasteiger partial charge on any atom is -0.285 e. The number of fused-ring (bicyclic) bond motifs is 5. The van der Waals surface area contributed by atoms with Gasteiger partial charge in [-0.3, -0.25) is 4.79 Å². The Morgan fingerprint density at radius 3 is 1.08 bits per heavy atom. The van der Waals surface area contributed by atoms with Gasteiger partial charge in [-0.2, -0.15) is 0 Å². The van der Waals surface area contributed by atoms with Crippen molar-refractivity contribution in [3.8, 4) is 11.4 Å². The molecule has 26 heavy (non-hydrogen) atoms. The minimum atomic E-state index is -0.351. The number of nitrogens with zero attached hydrogens (tertiary/aromatic N) is 4. The second-order valence-electron chi connectivity index (χ2n) is 5.68. The fraction of sp³-hybridized carbons (Fsp3) is 0. The van der Waals surface area contributed by atoms with Gasteiger partial charge >= 0.3 is 0 Å². The zero-order valence-electron chi connectivity index (χ0n) is 12.5. The van der Waals surface area contributed by atoms with E-state index in [0.29, 0.717) is 53.5 Å². The van der Waals surface area contributed by atoms with E-state index in [1.165, 1.54) is 0 Å². The van der Waals surface area contributed by atoms with Crippen molar-refractivity contribution in [2.24, 2.45) is 0 Å². The van der Waals surface area contributed by atoms with E-state index in [2.05, 4.69) is 19.9 Å². The summed E-state index contributed by atoms with van der Waals surface area (Å²) in [7, 11) is 0. The molecular weight excluding hydrogens is 418 g/mol. The van der Waals surface area contributed by atoms with Crippen molar-refractivity contribution in [2.45, 2.75) is 0 Å². The Labute approximate surface area is 165 Å². The quantitative estimate of drug-likeness (QED) is 0.335. The average Bonchev–Trinajstić information content (AvgIpc) is 2.85. The number of hydrogen-bond donors (Lipinski definition) is 0. The molecule has 0 amide bonds. The molecule has 0 saturated heterocycles. The molecule has 0 N–H and O–H groups in total. The van der Waals surface area contributed by atoms with E-state index in [1.807, 2.05) is 0 Å². The summed E-state index contributed by atoms with van der Waals surface area (Å²) < 4.78 is 0. The van der Waals surface area contributed by atoms with Crippen LogP contribution in [0.15, 0.2) is 24.3 Å². The lowest BCUT2D eigenvalue weighted by Gasteiger charge is -2.04. The lowest BCUT2D eigenvalue weighted by Crippen LogP contribution is -2.02. The van der Waals surface area contributed by atoms with Crippen molar-refractivity contribution >= 4 is 74.3 Å². The smallest absolute Gasteiger partial charge is 0.234 e. The predicted octanol–water partition coefficient (Wildman–Crippen LogP) is 5.40. The third kappa shape index (κ3) is 2.21. The van der Waals surface area contributed by atoms with Gasteiger partial charge in [0.1, 0.15) is 22.8 Å². The van der Waals surface area contributed by atoms with E-state index in [1.54, 1.807) is 24.3 Å². The van der Waals surface area contributed by atoms with Crippen LogP contribution in [0.3, 0.4) is 0 Å². The van der Waals surface area contributed by atoms with Crippen LogP contribution in [0.25, 0.3) is 33.5 Å². The van der Waals surface area contributed by atoms with Gasteiger partial charge in [0.2, 0.25) is 5.78 Å². The first-order valence-corrected chi connectivity index (χ1v) is 8.82. The SMILES string of the molecule is O=C1c2nc3cc(Cl)c(Cl)cc3nc2-c2nc3cc(Cl)c(Cl)cc3nc21. The Kier molecular flexibility index (Phi) is 3.40. The normalized spacial score (nSPS) is 12.7. The average molecular weight is 422 g/mol. The first-order chi connectivity index (χ1) is 12.4. The molecule has 4 aromatic rings. The van der Waals surface area contributed by atoms with Crippen molar-refractivity contribution in [2.75, 3.05) is 0 Å². The van der Waals surface area contributed by atoms with Crippen LogP contribution in [0.2, 0.25) is 20.1 Å². The highest BCUT2D eigenvalue weighted by molar-refractivity contribution is 6.43. The predicted molar refractivity (Wildman–Crippen MR) is 102 cm³/mol. The summed E-state index contributed by atoms with van der Waals surface area (Å²) in [5.74, 6) is -0.351. The number of rotatable bonds is 0. The van der Waals surface area contributed by atoms with Crippen LogP contribution >= 0.6 is 46.4 Å². The Morgan fingerprint density at radius 2 is 0.769 bits per heavy atom. The van der Waals surface area contributed by atoms with Crippen molar-refractivity contribution in [3.05, 3.63) is 55.7 Å². The van der Waals surface area contributed by atoms with E-state index in [9.17, 15) is 4.79 Å². The molecule has 5 nitrogen and oxygen atoms in total. The van der Waals surface area contributed by atoms with Crippen molar-refractivity contribution < 1.29 is 4.79 Å². The molecule has 0 unspecified atom stereocenters. The highest BCUT2D eigenvalue weighted by atomic mass is 35.5. The highest BCUT2D eigenvalue weighted by Gasteiger charge is 2.34. The second-order valence-corrected chi connectivity index (χ2v) is 7.31. The van der Waals surface area contributed by atoms with Crippen molar-refractivity contribution in [1.82, 2.24) is 19.9 Å². The number of aromatic nitrogens is 4. The zero-order chi connectivity index (χ0) is 18.2. The topological polar surface area (TPSA) is 68.6 Å². The Bertz CT molecular complexity index is 1210. The standard InChI is InChI=1S/C17H4Cl4N4O/c18-5-1-9-11(3-7(5)20)24-15-13(22-9)14-16(17(15)26)25-12-4-8(21)6(19)2-10(12)23-14/h1-4H. The van der Waals surface area contributed by atoms with E-state index in [-0.39, 0.29) is 17.2 Å². The lowest BCUT2D eigenvalue weighted by molar-refractivity contribution is 0.103. The van der Waals surface area contributed by atoms with Gasteiger partial charge < -0.3 is 0 Å². The number of halogens is 4. The van der Waals surface area contributed by atoms with Gasteiger partial charge in [-0.1, -0.05) is 46.4 Å². The summed E-state index contributed by atoms with van der Waals surface area (Å²) in [4.78, 5) is 30.6. The van der Waals surface area contributed by atoms with Crippen LogP contribution in [0.4, 0.5) is 0 Å². The molecule has 0 spiro atoms. The van der Waals surface area contributed by atoms with Crippen LogP contribution < -0.4 is 0 Å². The summed E-state index contributed by atoms with van der Waals surface area (Å²) >= 11 is 24.2. The minimum absolute atomic E-state index is 0.179.